The van der Waals surface area contributed by atoms with Gasteiger partial charge in [-0.1, -0.05) is 59.7 Å². The summed E-state index contributed by atoms with van der Waals surface area (Å²) in [7, 11) is 2.87. The van der Waals surface area contributed by atoms with Crippen LogP contribution < -0.4 is 21.3 Å². The largest absolute Gasteiger partial charge is 0.375 e. The highest BCUT2D eigenvalue weighted by Gasteiger charge is 2.11. The summed E-state index contributed by atoms with van der Waals surface area (Å²) in [6.45, 7) is 1.24. The average molecular weight is 618 g/mol. The van der Waals surface area contributed by atoms with Crippen LogP contribution in [0.15, 0.2) is 84.0 Å². The smallest absolute Gasteiger partial charge is 0.251 e. The van der Waals surface area contributed by atoms with Crippen molar-refractivity contribution in [1.29, 1.82) is 0 Å². The molecule has 14 nitrogen and oxygen atoms in total. The second kappa shape index (κ2) is 20.4. The summed E-state index contributed by atoms with van der Waals surface area (Å²) in [5.41, 5.74) is 10.7. The molecule has 4 amide bonds. The van der Waals surface area contributed by atoms with Crippen molar-refractivity contribution in [3.05, 3.63) is 112 Å². The average Bonchev–Trinajstić information content (AvgIpc) is 3.06. The first kappa shape index (κ1) is 35.6. The number of nitrogens with zero attached hydrogens (tertiary/aromatic N) is 3. The molecule has 0 aromatic heterocycles. The van der Waals surface area contributed by atoms with Gasteiger partial charge in [0.25, 0.3) is 11.8 Å². The molecule has 0 radical (unpaired) electrons. The molecular formula is C31H35N7O7. The Morgan fingerprint density at radius 1 is 0.600 bits per heavy atom. The quantitative estimate of drug-likeness (QED) is 0.0660. The van der Waals surface area contributed by atoms with Crippen molar-refractivity contribution in [2.24, 2.45) is 5.11 Å². The number of carbonyl (C=O) groups is 5. The summed E-state index contributed by atoms with van der Waals surface area (Å²) in [5, 5.41) is 13.9. The first-order valence-corrected chi connectivity index (χ1v) is 13.7. The molecule has 45 heavy (non-hydrogen) atoms. The predicted octanol–water partition coefficient (Wildman–Crippen LogP) is 2.53. The lowest BCUT2D eigenvalue weighted by atomic mass is 10.0. The van der Waals surface area contributed by atoms with Gasteiger partial charge < -0.3 is 30.7 Å². The number of ether oxygens (including phenoxy) is 2. The van der Waals surface area contributed by atoms with E-state index in [4.69, 9.17) is 5.53 Å². The standard InChI is InChI=1S/C19H20N2O4.C12H15N5O3/c1-25-13-17(22)20-11-12-21-19(24)16-9-7-15(8-10-16)18(23)14-5-3-2-4-6-14;1-20-8-11(18)14-6-7-15-12(19)9-2-4-10(5-3-9)16-17-13/h2-10H,11-13H2,1H3,(H,20,22)(H,21,24);2-5H,6-8H2,1H3,(H,14,18)(H,15,19). The van der Waals surface area contributed by atoms with Crippen molar-refractivity contribution in [3.8, 4) is 0 Å². The maximum absolute atomic E-state index is 12.3. The summed E-state index contributed by atoms with van der Waals surface area (Å²) in [6, 6.07) is 21.7. The van der Waals surface area contributed by atoms with Gasteiger partial charge in [0.05, 0.1) is 0 Å². The van der Waals surface area contributed by atoms with Gasteiger partial charge >= 0.3 is 0 Å². The van der Waals surface area contributed by atoms with Gasteiger partial charge in [0, 0.05) is 73.3 Å². The molecule has 0 aliphatic rings. The molecule has 0 spiro atoms. The van der Waals surface area contributed by atoms with Gasteiger partial charge in [-0.25, -0.2) is 0 Å². The van der Waals surface area contributed by atoms with Crippen molar-refractivity contribution >= 4 is 35.1 Å². The number of azide groups is 1. The molecule has 0 aliphatic carbocycles. The van der Waals surface area contributed by atoms with Gasteiger partial charge in [0.1, 0.15) is 13.2 Å². The summed E-state index contributed by atoms with van der Waals surface area (Å²) < 4.78 is 9.34. The van der Waals surface area contributed by atoms with Crippen LogP contribution >= 0.6 is 0 Å². The third kappa shape index (κ3) is 13.5. The fraction of sp³-hybridized carbons (Fsp3) is 0.258. The van der Waals surface area contributed by atoms with Gasteiger partial charge in [0.2, 0.25) is 11.8 Å². The molecule has 14 heteroatoms. The lowest BCUT2D eigenvalue weighted by molar-refractivity contribution is -0.125. The number of hydrogen-bond donors (Lipinski definition) is 4. The minimum atomic E-state index is -0.265. The van der Waals surface area contributed by atoms with E-state index >= 15 is 0 Å². The second-order valence-corrected chi connectivity index (χ2v) is 9.09. The number of amides is 4. The molecule has 236 valence electrons. The second-order valence-electron chi connectivity index (χ2n) is 9.09. The Hall–Kier alpha value is -5.56. The molecule has 0 saturated carbocycles. The minimum absolute atomic E-state index is 0.00514. The molecule has 0 atom stereocenters. The van der Waals surface area contributed by atoms with E-state index < -0.39 is 0 Å². The first-order chi connectivity index (χ1) is 21.8. The van der Waals surface area contributed by atoms with Gasteiger partial charge in [-0.2, -0.15) is 0 Å². The molecule has 0 aliphatic heterocycles. The van der Waals surface area contributed by atoms with Gasteiger partial charge in [-0.3, -0.25) is 24.0 Å². The molecule has 0 fully saturated rings. The number of methoxy groups -OCH3 is 2. The SMILES string of the molecule is COCC(=O)NCCNC(=O)c1ccc(C(=O)c2ccccc2)cc1.COCC(=O)NCCNC(=O)c1ccc(N=[N+]=[N-])cc1. The fourth-order valence-electron chi connectivity index (χ4n) is 3.58. The van der Waals surface area contributed by atoms with Crippen LogP contribution in [0.4, 0.5) is 5.69 Å². The van der Waals surface area contributed by atoms with Crippen LogP contribution in [-0.4, -0.2) is 83.0 Å². The molecule has 0 unspecified atom stereocenters. The van der Waals surface area contributed by atoms with Gasteiger partial charge in [-0.15, -0.1) is 0 Å². The third-order valence-electron chi connectivity index (χ3n) is 5.75. The number of rotatable bonds is 15. The fourth-order valence-corrected chi connectivity index (χ4v) is 3.58. The van der Waals surface area contributed by atoms with Gasteiger partial charge in [0.15, 0.2) is 5.78 Å². The maximum Gasteiger partial charge on any atom is 0.251 e. The van der Waals surface area contributed by atoms with E-state index in [1.165, 1.54) is 14.2 Å². The Morgan fingerprint density at radius 3 is 1.44 bits per heavy atom. The molecule has 4 N–H and O–H groups in total. The van der Waals surface area contributed by atoms with E-state index in [-0.39, 0.29) is 42.6 Å². The van der Waals surface area contributed by atoms with Crippen LogP contribution in [0.2, 0.25) is 0 Å². The van der Waals surface area contributed by atoms with Crippen LogP contribution in [-0.2, 0) is 19.1 Å². The number of hydrogen-bond acceptors (Lipinski definition) is 8. The molecule has 0 bridgehead atoms. The summed E-state index contributed by atoms with van der Waals surface area (Å²) >= 11 is 0. The highest BCUT2D eigenvalue weighted by molar-refractivity contribution is 6.09. The Morgan fingerprint density at radius 2 is 1.00 bits per heavy atom. The van der Waals surface area contributed by atoms with E-state index in [1.54, 1.807) is 72.8 Å². The first-order valence-electron chi connectivity index (χ1n) is 13.7. The zero-order chi connectivity index (χ0) is 32.9. The predicted molar refractivity (Wildman–Crippen MR) is 166 cm³/mol. The Kier molecular flexibility index (Phi) is 16.1. The number of ketones is 1. The van der Waals surface area contributed by atoms with Crippen LogP contribution in [0.3, 0.4) is 0 Å². The van der Waals surface area contributed by atoms with E-state index in [1.807, 2.05) is 6.07 Å². The molecular weight excluding hydrogens is 582 g/mol. The summed E-state index contributed by atoms with van der Waals surface area (Å²) in [4.78, 5) is 61.0. The minimum Gasteiger partial charge on any atom is -0.375 e. The normalized spacial score (nSPS) is 9.82. The highest BCUT2D eigenvalue weighted by Crippen LogP contribution is 2.13. The van der Waals surface area contributed by atoms with Crippen LogP contribution in [0.5, 0.6) is 0 Å². The Bertz CT molecular complexity index is 1460. The zero-order valence-corrected chi connectivity index (χ0v) is 24.9. The van der Waals surface area contributed by atoms with E-state index in [2.05, 4.69) is 40.8 Å². The van der Waals surface area contributed by atoms with Crippen molar-refractivity contribution in [2.75, 3.05) is 53.6 Å². The number of nitrogens with one attached hydrogen (secondary N) is 4. The number of benzene rings is 3. The zero-order valence-electron chi connectivity index (χ0n) is 24.9. The Labute approximate surface area is 260 Å². The Balaban J connectivity index is 0.000000322. The molecule has 0 heterocycles. The van der Waals surface area contributed by atoms with Crippen molar-refractivity contribution < 1.29 is 33.4 Å². The van der Waals surface area contributed by atoms with Crippen LogP contribution in [0, 0.1) is 0 Å². The molecule has 0 saturated heterocycles. The maximum atomic E-state index is 12.3. The van der Waals surface area contributed by atoms with Crippen molar-refractivity contribution in [2.45, 2.75) is 0 Å². The number of carbonyl (C=O) groups excluding carboxylic acids is 5. The van der Waals surface area contributed by atoms with Crippen LogP contribution in [0.1, 0.15) is 36.6 Å². The monoisotopic (exact) mass is 617 g/mol. The van der Waals surface area contributed by atoms with E-state index in [0.717, 1.165) is 0 Å². The molecule has 3 aromatic rings. The summed E-state index contributed by atoms with van der Waals surface area (Å²) in [6.07, 6.45) is 0. The lowest BCUT2D eigenvalue weighted by Crippen LogP contribution is -2.36. The van der Waals surface area contributed by atoms with Crippen LogP contribution in [0.25, 0.3) is 10.4 Å². The van der Waals surface area contributed by atoms with Crippen molar-refractivity contribution in [3.63, 3.8) is 0 Å². The van der Waals surface area contributed by atoms with E-state index in [0.29, 0.717) is 54.1 Å². The molecule has 3 rings (SSSR count). The summed E-state index contributed by atoms with van der Waals surface area (Å²) in [5.74, 6) is -1.09. The molecule has 3 aromatic carbocycles. The highest BCUT2D eigenvalue weighted by atomic mass is 16.5. The van der Waals surface area contributed by atoms with Gasteiger partial charge in [-0.05, 0) is 29.8 Å². The topological polar surface area (TPSA) is 201 Å². The third-order valence-corrected chi connectivity index (χ3v) is 5.75. The van der Waals surface area contributed by atoms with Crippen molar-refractivity contribution in [1.82, 2.24) is 21.3 Å². The lowest BCUT2D eigenvalue weighted by Gasteiger charge is -2.07. The van der Waals surface area contributed by atoms with E-state index in [9.17, 15) is 24.0 Å².